The zero-order chi connectivity index (χ0) is 14.7. The zero-order valence-electron chi connectivity index (χ0n) is 11.9. The van der Waals surface area contributed by atoms with Gasteiger partial charge in [0.25, 0.3) is 0 Å². The average molecular weight is 304 g/mol. The van der Waals surface area contributed by atoms with Crippen molar-refractivity contribution in [2.75, 3.05) is 11.6 Å². The van der Waals surface area contributed by atoms with Gasteiger partial charge in [-0.15, -0.1) is 11.6 Å². The van der Waals surface area contributed by atoms with Crippen molar-refractivity contribution in [3.63, 3.8) is 0 Å². The first-order valence-corrected chi connectivity index (χ1v) is 8.40. The number of halogens is 1. The van der Waals surface area contributed by atoms with Crippen molar-refractivity contribution in [3.05, 3.63) is 35.9 Å². The third kappa shape index (κ3) is 5.13. The summed E-state index contributed by atoms with van der Waals surface area (Å²) < 4.78 is 27.2. The lowest BCUT2D eigenvalue weighted by molar-refractivity contribution is 0.436. The highest BCUT2D eigenvalue weighted by Gasteiger charge is 2.32. The van der Waals surface area contributed by atoms with Crippen LogP contribution in [-0.4, -0.2) is 20.1 Å². The van der Waals surface area contributed by atoms with E-state index < -0.39 is 15.6 Å². The summed E-state index contributed by atoms with van der Waals surface area (Å²) in [5, 5.41) is 0. The summed E-state index contributed by atoms with van der Waals surface area (Å²) >= 11 is 5.99. The smallest absolute Gasteiger partial charge is 0.212 e. The van der Waals surface area contributed by atoms with Crippen LogP contribution < -0.4 is 4.72 Å². The lowest BCUT2D eigenvalue weighted by atomic mass is 9.96. The molecule has 0 amide bonds. The number of benzene rings is 1. The van der Waals surface area contributed by atoms with Crippen LogP contribution in [0.3, 0.4) is 0 Å². The number of sulfonamides is 1. The molecule has 0 saturated heterocycles. The minimum Gasteiger partial charge on any atom is -0.212 e. The molecule has 1 aromatic rings. The number of hydrogen-bond acceptors (Lipinski definition) is 2. The van der Waals surface area contributed by atoms with Crippen LogP contribution in [0.2, 0.25) is 0 Å². The van der Waals surface area contributed by atoms with E-state index >= 15 is 0 Å². The summed E-state index contributed by atoms with van der Waals surface area (Å²) in [5.74, 6) is 0.250. The van der Waals surface area contributed by atoms with E-state index in [4.69, 9.17) is 11.6 Å². The van der Waals surface area contributed by atoms with E-state index in [0.29, 0.717) is 0 Å². The first kappa shape index (κ1) is 16.5. The van der Waals surface area contributed by atoms with Gasteiger partial charge in [-0.1, -0.05) is 51.1 Å². The van der Waals surface area contributed by atoms with Crippen molar-refractivity contribution in [2.24, 2.45) is 5.41 Å². The molecule has 0 bridgehead atoms. The molecule has 0 saturated carbocycles. The highest BCUT2D eigenvalue weighted by Crippen LogP contribution is 2.25. The minimum absolute atomic E-state index is 0.0688. The molecule has 0 fully saturated rings. The van der Waals surface area contributed by atoms with E-state index in [-0.39, 0.29) is 17.0 Å². The topological polar surface area (TPSA) is 46.2 Å². The molecule has 19 heavy (non-hydrogen) atoms. The Kier molecular flexibility index (Phi) is 5.04. The van der Waals surface area contributed by atoms with Crippen molar-refractivity contribution in [2.45, 2.75) is 33.2 Å². The molecular formula is C14H22ClNO2S. The Morgan fingerprint density at radius 2 is 1.63 bits per heavy atom. The van der Waals surface area contributed by atoms with Gasteiger partial charge in [0, 0.05) is 5.88 Å². The Hall–Kier alpha value is -0.580. The van der Waals surface area contributed by atoms with Gasteiger partial charge in [-0.3, -0.25) is 0 Å². The molecule has 0 aliphatic rings. The molecule has 0 aliphatic carbocycles. The number of alkyl halides is 1. The van der Waals surface area contributed by atoms with Crippen LogP contribution in [0.1, 0.15) is 33.3 Å². The predicted octanol–water partition coefficient (Wildman–Crippen LogP) is 3.11. The highest BCUT2D eigenvalue weighted by atomic mass is 35.5. The van der Waals surface area contributed by atoms with Gasteiger partial charge >= 0.3 is 0 Å². The van der Waals surface area contributed by atoms with E-state index in [1.54, 1.807) is 6.92 Å². The fourth-order valence-corrected chi connectivity index (χ4v) is 4.31. The van der Waals surface area contributed by atoms with Crippen molar-refractivity contribution in [1.29, 1.82) is 0 Å². The van der Waals surface area contributed by atoms with Crippen LogP contribution in [0, 0.1) is 5.41 Å². The predicted molar refractivity (Wildman–Crippen MR) is 80.9 cm³/mol. The van der Waals surface area contributed by atoms with E-state index in [1.165, 1.54) is 0 Å². The standard InChI is InChI=1S/C14H22ClNO2S/c1-13(2,3)11-19(17,18)16-14(4,10-15)12-8-6-5-7-9-12/h5-9,16H,10-11H2,1-4H3. The average Bonchev–Trinajstić information content (AvgIpc) is 2.26. The van der Waals surface area contributed by atoms with Gasteiger partial charge in [0.15, 0.2) is 0 Å². The van der Waals surface area contributed by atoms with Gasteiger partial charge < -0.3 is 0 Å². The molecule has 1 unspecified atom stereocenters. The zero-order valence-corrected chi connectivity index (χ0v) is 13.5. The summed E-state index contributed by atoms with van der Waals surface area (Å²) in [4.78, 5) is 0. The fraction of sp³-hybridized carbons (Fsp3) is 0.571. The SMILES string of the molecule is CC(C)(C)CS(=O)(=O)NC(C)(CCl)c1ccccc1. The molecule has 1 atom stereocenters. The molecule has 0 aliphatic heterocycles. The maximum absolute atomic E-state index is 12.2. The second-order valence-electron chi connectivity index (χ2n) is 6.25. The quantitative estimate of drug-likeness (QED) is 0.850. The number of hydrogen-bond donors (Lipinski definition) is 1. The van der Waals surface area contributed by atoms with Gasteiger partial charge in [0.2, 0.25) is 10.0 Å². The van der Waals surface area contributed by atoms with Crippen LogP contribution >= 0.6 is 11.6 Å². The maximum atomic E-state index is 12.2. The summed E-state index contributed by atoms with van der Waals surface area (Å²) in [5.41, 5.74) is -0.217. The Morgan fingerprint density at radius 3 is 2.05 bits per heavy atom. The first-order chi connectivity index (χ1) is 8.58. The Morgan fingerprint density at radius 1 is 1.11 bits per heavy atom. The molecule has 1 rings (SSSR count). The van der Waals surface area contributed by atoms with E-state index in [2.05, 4.69) is 4.72 Å². The largest absolute Gasteiger partial charge is 0.212 e. The number of nitrogens with one attached hydrogen (secondary N) is 1. The summed E-state index contributed by atoms with van der Waals surface area (Å²) in [6.07, 6.45) is 0. The Bertz CT molecular complexity index is 508. The molecule has 0 aromatic heterocycles. The molecule has 5 heteroatoms. The second-order valence-corrected chi connectivity index (χ2v) is 8.24. The summed E-state index contributed by atoms with van der Waals surface area (Å²) in [6, 6.07) is 9.39. The van der Waals surface area contributed by atoms with Crippen molar-refractivity contribution >= 4 is 21.6 Å². The molecule has 0 radical (unpaired) electrons. The van der Waals surface area contributed by atoms with Gasteiger partial charge in [-0.2, -0.15) is 0 Å². The fourth-order valence-electron chi connectivity index (χ4n) is 1.92. The first-order valence-electron chi connectivity index (χ1n) is 6.21. The third-order valence-corrected chi connectivity index (χ3v) is 5.22. The van der Waals surface area contributed by atoms with Crippen molar-refractivity contribution in [1.82, 2.24) is 4.72 Å². The van der Waals surface area contributed by atoms with Gasteiger partial charge in [-0.25, -0.2) is 13.1 Å². The van der Waals surface area contributed by atoms with E-state index in [9.17, 15) is 8.42 Å². The third-order valence-electron chi connectivity index (χ3n) is 2.68. The number of rotatable bonds is 5. The van der Waals surface area contributed by atoms with Gasteiger partial charge in [-0.05, 0) is 17.9 Å². The van der Waals surface area contributed by atoms with Gasteiger partial charge in [0.05, 0.1) is 11.3 Å². The van der Waals surface area contributed by atoms with Gasteiger partial charge in [0.1, 0.15) is 0 Å². The minimum atomic E-state index is -3.39. The van der Waals surface area contributed by atoms with Crippen LogP contribution in [0.25, 0.3) is 0 Å². The second kappa shape index (κ2) is 5.81. The van der Waals surface area contributed by atoms with Crippen LogP contribution in [0.5, 0.6) is 0 Å². The molecule has 1 N–H and O–H groups in total. The normalized spacial score (nSPS) is 16.1. The molecule has 0 heterocycles. The van der Waals surface area contributed by atoms with Crippen molar-refractivity contribution in [3.8, 4) is 0 Å². The lowest BCUT2D eigenvalue weighted by Gasteiger charge is -2.30. The molecule has 3 nitrogen and oxygen atoms in total. The molecular weight excluding hydrogens is 282 g/mol. The van der Waals surface area contributed by atoms with E-state index in [0.717, 1.165) is 5.56 Å². The van der Waals surface area contributed by atoms with Crippen LogP contribution in [0.15, 0.2) is 30.3 Å². The molecule has 0 spiro atoms. The monoisotopic (exact) mass is 303 g/mol. The van der Waals surface area contributed by atoms with E-state index in [1.807, 2.05) is 51.1 Å². The lowest BCUT2D eigenvalue weighted by Crippen LogP contribution is -2.47. The maximum Gasteiger partial charge on any atom is 0.212 e. The van der Waals surface area contributed by atoms with Crippen LogP contribution in [-0.2, 0) is 15.6 Å². The Labute approximate surface area is 121 Å². The van der Waals surface area contributed by atoms with Crippen molar-refractivity contribution < 1.29 is 8.42 Å². The van der Waals surface area contributed by atoms with Crippen LogP contribution in [0.4, 0.5) is 0 Å². The highest BCUT2D eigenvalue weighted by molar-refractivity contribution is 7.89. The molecule has 1 aromatic carbocycles. The molecule has 108 valence electrons. The summed E-state index contributed by atoms with van der Waals surface area (Å²) in [6.45, 7) is 7.49. The Balaban J connectivity index is 3.00. The summed E-state index contributed by atoms with van der Waals surface area (Å²) in [7, 11) is -3.39.